The summed E-state index contributed by atoms with van der Waals surface area (Å²) in [5.41, 5.74) is 1.01. The number of piperidine rings is 1. The zero-order valence-electron chi connectivity index (χ0n) is 12.0. The van der Waals surface area contributed by atoms with E-state index in [0.29, 0.717) is 6.54 Å². The number of carbonyl (C=O) groups excluding carboxylic acids is 1. The third-order valence-electron chi connectivity index (χ3n) is 3.63. The zero-order valence-corrected chi connectivity index (χ0v) is 13.6. The van der Waals surface area contributed by atoms with Crippen molar-refractivity contribution in [3.05, 3.63) is 28.2 Å². The third kappa shape index (κ3) is 3.73. The number of likely N-dealkylation sites (N-methyl/N-ethyl adjacent to an activating group) is 1. The Morgan fingerprint density at radius 3 is 2.95 bits per heavy atom. The quantitative estimate of drug-likeness (QED) is 0.915. The molecule has 1 amide bonds. The molecule has 0 spiro atoms. The van der Waals surface area contributed by atoms with Gasteiger partial charge in [0.25, 0.3) is 0 Å². The Balaban J connectivity index is 2.04. The second kappa shape index (κ2) is 7.09. The highest BCUT2D eigenvalue weighted by Gasteiger charge is 2.24. The van der Waals surface area contributed by atoms with E-state index in [-0.39, 0.29) is 11.9 Å². The van der Waals surface area contributed by atoms with Gasteiger partial charge in [0.2, 0.25) is 5.91 Å². The van der Waals surface area contributed by atoms with Gasteiger partial charge in [-0.15, -0.1) is 0 Å². The Labute approximate surface area is 128 Å². The summed E-state index contributed by atoms with van der Waals surface area (Å²) >= 11 is 3.46. The van der Waals surface area contributed by atoms with Gasteiger partial charge in [0.05, 0.1) is 13.2 Å². The minimum Gasteiger partial charge on any atom is -0.496 e. The van der Waals surface area contributed by atoms with Crippen LogP contribution in [0.5, 0.6) is 5.75 Å². The molecule has 5 heteroatoms. The number of rotatable bonds is 4. The molecule has 1 aromatic rings. The van der Waals surface area contributed by atoms with E-state index >= 15 is 0 Å². The van der Waals surface area contributed by atoms with E-state index in [1.54, 1.807) is 12.0 Å². The summed E-state index contributed by atoms with van der Waals surface area (Å²) in [5.74, 6) is 0.969. The molecule has 1 aliphatic heterocycles. The molecule has 1 N–H and O–H groups in total. The van der Waals surface area contributed by atoms with Crippen LogP contribution in [0.15, 0.2) is 22.7 Å². The molecule has 20 heavy (non-hydrogen) atoms. The number of amides is 1. The van der Waals surface area contributed by atoms with Crippen molar-refractivity contribution in [2.24, 2.45) is 0 Å². The maximum Gasteiger partial charge on any atom is 0.239 e. The highest BCUT2D eigenvalue weighted by Crippen LogP contribution is 2.24. The number of nitrogens with one attached hydrogen (secondary N) is 1. The molecule has 1 aliphatic rings. The van der Waals surface area contributed by atoms with E-state index < -0.39 is 0 Å². The fourth-order valence-corrected chi connectivity index (χ4v) is 2.94. The summed E-state index contributed by atoms with van der Waals surface area (Å²) in [6.07, 6.45) is 3.21. The van der Waals surface area contributed by atoms with Crippen molar-refractivity contribution in [3.63, 3.8) is 0 Å². The molecule has 0 saturated carbocycles. The van der Waals surface area contributed by atoms with Crippen molar-refractivity contribution in [2.45, 2.75) is 31.8 Å². The van der Waals surface area contributed by atoms with Crippen molar-refractivity contribution in [1.29, 1.82) is 0 Å². The molecule has 0 radical (unpaired) electrons. The molecule has 0 aliphatic carbocycles. The van der Waals surface area contributed by atoms with Gasteiger partial charge in [0.1, 0.15) is 5.75 Å². The molecule has 1 atom stereocenters. The minimum atomic E-state index is -0.0353. The molecule has 2 rings (SSSR count). The number of halogens is 1. The molecule has 4 nitrogen and oxygen atoms in total. The highest BCUT2D eigenvalue weighted by molar-refractivity contribution is 9.10. The van der Waals surface area contributed by atoms with Crippen molar-refractivity contribution in [2.75, 3.05) is 20.7 Å². The molecule has 1 heterocycles. The zero-order chi connectivity index (χ0) is 14.5. The Morgan fingerprint density at radius 1 is 1.50 bits per heavy atom. The number of nitrogens with zero attached hydrogens (tertiary/aromatic N) is 1. The fraction of sp³-hybridized carbons (Fsp3) is 0.533. The van der Waals surface area contributed by atoms with Gasteiger partial charge >= 0.3 is 0 Å². The predicted molar refractivity (Wildman–Crippen MR) is 82.8 cm³/mol. The van der Waals surface area contributed by atoms with Gasteiger partial charge in [-0.1, -0.05) is 22.4 Å². The van der Waals surface area contributed by atoms with Gasteiger partial charge in [-0.25, -0.2) is 0 Å². The number of hydrogen-bond acceptors (Lipinski definition) is 3. The third-order valence-corrected chi connectivity index (χ3v) is 4.13. The standard InChI is InChI=1S/C15H21BrN2O2/c1-18(15(19)13-5-3-4-8-17-13)10-11-9-12(16)6-7-14(11)20-2/h6-7,9,13,17H,3-5,8,10H2,1-2H3/t13-/m0/s1. The van der Waals surface area contributed by atoms with Crippen LogP contribution >= 0.6 is 15.9 Å². The van der Waals surface area contributed by atoms with Crippen molar-refractivity contribution < 1.29 is 9.53 Å². The van der Waals surface area contributed by atoms with Crippen molar-refractivity contribution >= 4 is 21.8 Å². The van der Waals surface area contributed by atoms with Gasteiger partial charge < -0.3 is 15.0 Å². The lowest BCUT2D eigenvalue weighted by Crippen LogP contribution is -2.47. The van der Waals surface area contributed by atoms with E-state index in [1.165, 1.54) is 0 Å². The topological polar surface area (TPSA) is 41.6 Å². The second-order valence-corrected chi connectivity index (χ2v) is 6.07. The Hall–Kier alpha value is -1.07. The SMILES string of the molecule is COc1ccc(Br)cc1CN(C)C(=O)[C@@H]1CCCCN1. The Kier molecular flexibility index (Phi) is 5.43. The summed E-state index contributed by atoms with van der Waals surface area (Å²) < 4.78 is 6.34. The highest BCUT2D eigenvalue weighted by atomic mass is 79.9. The smallest absolute Gasteiger partial charge is 0.239 e. The van der Waals surface area contributed by atoms with Gasteiger partial charge in [-0.05, 0) is 37.6 Å². The van der Waals surface area contributed by atoms with Crippen LogP contribution in [0.3, 0.4) is 0 Å². The van der Waals surface area contributed by atoms with Crippen LogP contribution < -0.4 is 10.1 Å². The van der Waals surface area contributed by atoms with Gasteiger partial charge in [0.15, 0.2) is 0 Å². The summed E-state index contributed by atoms with van der Waals surface area (Å²) in [5, 5.41) is 3.29. The normalized spacial score (nSPS) is 18.6. The van der Waals surface area contributed by atoms with Crippen LogP contribution in [0.2, 0.25) is 0 Å². The van der Waals surface area contributed by atoms with E-state index in [2.05, 4.69) is 21.2 Å². The number of ether oxygens (including phenoxy) is 1. The maximum atomic E-state index is 12.4. The largest absolute Gasteiger partial charge is 0.496 e. The number of carbonyl (C=O) groups is 1. The average molecular weight is 341 g/mol. The number of hydrogen-bond donors (Lipinski definition) is 1. The lowest BCUT2D eigenvalue weighted by molar-refractivity contribution is -0.133. The first kappa shape index (κ1) is 15.3. The summed E-state index contributed by atoms with van der Waals surface area (Å²) in [6, 6.07) is 5.81. The summed E-state index contributed by atoms with van der Waals surface area (Å²) in [6.45, 7) is 1.49. The Bertz CT molecular complexity index is 473. The first-order chi connectivity index (χ1) is 9.61. The van der Waals surface area contributed by atoms with Gasteiger partial charge in [-0.3, -0.25) is 4.79 Å². The fourth-order valence-electron chi connectivity index (χ4n) is 2.53. The van der Waals surface area contributed by atoms with Crippen LogP contribution in [0.25, 0.3) is 0 Å². The second-order valence-electron chi connectivity index (χ2n) is 5.15. The van der Waals surface area contributed by atoms with Gasteiger partial charge in [0, 0.05) is 23.6 Å². The molecule has 110 valence electrons. The number of methoxy groups -OCH3 is 1. The molecule has 0 aromatic heterocycles. The molecule has 1 saturated heterocycles. The minimum absolute atomic E-state index is 0.0353. The predicted octanol–water partition coefficient (Wildman–Crippen LogP) is 2.56. The van der Waals surface area contributed by atoms with Crippen LogP contribution in [-0.4, -0.2) is 37.6 Å². The van der Waals surface area contributed by atoms with Gasteiger partial charge in [-0.2, -0.15) is 0 Å². The van der Waals surface area contributed by atoms with E-state index in [4.69, 9.17) is 4.74 Å². The van der Waals surface area contributed by atoms with E-state index in [0.717, 1.165) is 41.6 Å². The van der Waals surface area contributed by atoms with Crippen molar-refractivity contribution in [1.82, 2.24) is 10.2 Å². The lowest BCUT2D eigenvalue weighted by atomic mass is 10.0. The van der Waals surface area contributed by atoms with E-state index in [9.17, 15) is 4.79 Å². The van der Waals surface area contributed by atoms with E-state index in [1.807, 2.05) is 25.2 Å². The van der Waals surface area contributed by atoms with Crippen molar-refractivity contribution in [3.8, 4) is 5.75 Å². The first-order valence-electron chi connectivity index (χ1n) is 6.92. The Morgan fingerprint density at radius 2 is 2.30 bits per heavy atom. The monoisotopic (exact) mass is 340 g/mol. The molecule has 1 fully saturated rings. The lowest BCUT2D eigenvalue weighted by Gasteiger charge is -2.28. The average Bonchev–Trinajstić information content (AvgIpc) is 2.47. The molecule has 1 aromatic carbocycles. The molecular weight excluding hydrogens is 320 g/mol. The summed E-state index contributed by atoms with van der Waals surface area (Å²) in [7, 11) is 3.50. The molecule has 0 unspecified atom stereocenters. The van der Waals surface area contributed by atoms with Crippen LogP contribution in [0, 0.1) is 0 Å². The van der Waals surface area contributed by atoms with Crippen LogP contribution in [0.4, 0.5) is 0 Å². The van der Waals surface area contributed by atoms with Crippen LogP contribution in [-0.2, 0) is 11.3 Å². The maximum absolute atomic E-state index is 12.4. The van der Waals surface area contributed by atoms with Crippen LogP contribution in [0.1, 0.15) is 24.8 Å². The molecule has 0 bridgehead atoms. The number of benzene rings is 1. The summed E-state index contributed by atoms with van der Waals surface area (Å²) in [4.78, 5) is 14.2. The first-order valence-corrected chi connectivity index (χ1v) is 7.72. The molecular formula is C15H21BrN2O2.